The van der Waals surface area contributed by atoms with Crippen LogP contribution in [0.15, 0.2) is 107 Å². The van der Waals surface area contributed by atoms with Gasteiger partial charge in [0.1, 0.15) is 22.3 Å². The molecule has 45 heavy (non-hydrogen) atoms. The average Bonchev–Trinajstić information content (AvgIpc) is 3.06. The Morgan fingerprint density at radius 1 is 0.489 bits per heavy atom. The van der Waals surface area contributed by atoms with E-state index in [1.165, 1.54) is 43.2 Å². The summed E-state index contributed by atoms with van der Waals surface area (Å²) in [6.07, 6.45) is 10.3. The molecule has 4 aromatic carbocycles. The van der Waals surface area contributed by atoms with Crippen molar-refractivity contribution in [2.75, 3.05) is 0 Å². The fraction of sp³-hybridized carbons (Fsp3) is 0.243. The summed E-state index contributed by atoms with van der Waals surface area (Å²) in [6, 6.07) is 29.0. The van der Waals surface area contributed by atoms with Gasteiger partial charge in [-0.2, -0.15) is 10.5 Å². The van der Waals surface area contributed by atoms with Gasteiger partial charge in [-0.05, 0) is 133 Å². The SMILES string of the molecule is N#CSc1ccc(C(=O)Oc2ccc(CCCCCCCCCc3ccc(OC(=O)c4ccc(SC#N)cc4)cc3)cc2)cc1. The largest absolute Gasteiger partial charge is 0.423 e. The lowest BCUT2D eigenvalue weighted by molar-refractivity contribution is 0.0725. The normalized spacial score (nSPS) is 10.4. The monoisotopic (exact) mass is 634 g/mol. The summed E-state index contributed by atoms with van der Waals surface area (Å²) in [5, 5.41) is 21.5. The second kappa shape index (κ2) is 18.3. The Kier molecular flexibility index (Phi) is 13.6. The molecule has 0 unspecified atom stereocenters. The fourth-order valence-corrected chi connectivity index (χ4v) is 5.50. The topological polar surface area (TPSA) is 100 Å². The number of nitriles is 2. The maximum Gasteiger partial charge on any atom is 0.343 e. The van der Waals surface area contributed by atoms with Crippen molar-refractivity contribution in [3.63, 3.8) is 0 Å². The minimum Gasteiger partial charge on any atom is -0.423 e. The average molecular weight is 635 g/mol. The summed E-state index contributed by atoms with van der Waals surface area (Å²) in [5.74, 6) is 0.218. The highest BCUT2D eigenvalue weighted by Gasteiger charge is 2.10. The molecule has 0 aromatic heterocycles. The van der Waals surface area contributed by atoms with Gasteiger partial charge in [0.15, 0.2) is 0 Å². The molecule has 0 amide bonds. The van der Waals surface area contributed by atoms with E-state index < -0.39 is 11.9 Å². The van der Waals surface area contributed by atoms with Crippen molar-refractivity contribution in [1.29, 1.82) is 10.5 Å². The van der Waals surface area contributed by atoms with Crippen LogP contribution in [-0.4, -0.2) is 11.9 Å². The molecule has 0 radical (unpaired) electrons. The van der Waals surface area contributed by atoms with Gasteiger partial charge in [0.25, 0.3) is 0 Å². The third-order valence-electron chi connectivity index (χ3n) is 7.21. The Morgan fingerprint density at radius 3 is 1.16 bits per heavy atom. The van der Waals surface area contributed by atoms with E-state index in [4.69, 9.17) is 20.0 Å². The molecule has 0 aliphatic heterocycles. The van der Waals surface area contributed by atoms with E-state index in [9.17, 15) is 9.59 Å². The molecule has 0 fully saturated rings. The Hall–Kier alpha value is -4.50. The smallest absolute Gasteiger partial charge is 0.343 e. The summed E-state index contributed by atoms with van der Waals surface area (Å²) in [5.41, 5.74) is 3.37. The highest BCUT2D eigenvalue weighted by atomic mass is 32.2. The number of carbonyl (C=O) groups is 2. The van der Waals surface area contributed by atoms with E-state index in [1.807, 2.05) is 59.3 Å². The third-order valence-corrected chi connectivity index (χ3v) is 8.40. The number of thioether (sulfide) groups is 2. The molecule has 0 heterocycles. The number of rotatable bonds is 16. The van der Waals surface area contributed by atoms with Crippen molar-refractivity contribution < 1.29 is 19.1 Å². The van der Waals surface area contributed by atoms with E-state index in [0.29, 0.717) is 22.6 Å². The zero-order valence-corrected chi connectivity index (χ0v) is 26.6. The number of carbonyl (C=O) groups excluding carboxylic acids is 2. The first-order valence-corrected chi connectivity index (χ1v) is 16.6. The number of unbranched alkanes of at least 4 members (excludes halogenated alkanes) is 6. The number of hydrogen-bond donors (Lipinski definition) is 0. The summed E-state index contributed by atoms with van der Waals surface area (Å²) in [4.78, 5) is 26.3. The maximum absolute atomic E-state index is 12.4. The minimum absolute atomic E-state index is 0.413. The Bertz CT molecular complexity index is 1480. The molecular formula is C37H34N2O4S2. The number of thiocyanates is 2. The lowest BCUT2D eigenvalue weighted by Crippen LogP contribution is -2.08. The number of hydrogen-bond acceptors (Lipinski definition) is 8. The van der Waals surface area contributed by atoms with E-state index in [1.54, 1.807) is 48.5 Å². The lowest BCUT2D eigenvalue weighted by atomic mass is 10.0. The standard InChI is InChI=1S/C37H34N2O4S2/c38-26-44-34-22-14-30(15-23-34)36(40)42-32-18-10-28(11-19-32)8-6-4-2-1-3-5-7-9-29-12-20-33(21-13-29)43-37(41)31-16-24-35(25-17-31)45-27-39/h10-25H,1-9H2. The van der Waals surface area contributed by atoms with Crippen molar-refractivity contribution in [3.8, 4) is 22.3 Å². The van der Waals surface area contributed by atoms with Crippen LogP contribution < -0.4 is 9.47 Å². The van der Waals surface area contributed by atoms with Crippen LogP contribution >= 0.6 is 23.5 Å². The van der Waals surface area contributed by atoms with Crippen LogP contribution in [-0.2, 0) is 12.8 Å². The van der Waals surface area contributed by atoms with Gasteiger partial charge < -0.3 is 9.47 Å². The van der Waals surface area contributed by atoms with Gasteiger partial charge in [-0.15, -0.1) is 0 Å². The van der Waals surface area contributed by atoms with Crippen molar-refractivity contribution in [1.82, 2.24) is 0 Å². The van der Waals surface area contributed by atoms with Gasteiger partial charge in [-0.25, -0.2) is 9.59 Å². The number of nitrogens with zero attached hydrogens (tertiary/aromatic N) is 2. The van der Waals surface area contributed by atoms with E-state index in [-0.39, 0.29) is 0 Å². The molecule has 4 rings (SSSR count). The molecule has 0 bridgehead atoms. The fourth-order valence-electron chi connectivity index (χ4n) is 4.75. The van der Waals surface area contributed by atoms with E-state index >= 15 is 0 Å². The van der Waals surface area contributed by atoms with Gasteiger partial charge in [0.05, 0.1) is 11.1 Å². The number of aryl methyl sites for hydroxylation is 2. The van der Waals surface area contributed by atoms with Crippen LogP contribution in [0, 0.1) is 21.3 Å². The molecule has 0 saturated heterocycles. The quantitative estimate of drug-likeness (QED) is 0.0395. The Morgan fingerprint density at radius 2 is 0.822 bits per heavy atom. The molecule has 0 saturated carbocycles. The van der Waals surface area contributed by atoms with Crippen LogP contribution in [0.3, 0.4) is 0 Å². The first-order valence-electron chi connectivity index (χ1n) is 15.0. The highest BCUT2D eigenvalue weighted by molar-refractivity contribution is 8.04. The molecule has 0 aliphatic carbocycles. The molecule has 6 nitrogen and oxygen atoms in total. The van der Waals surface area contributed by atoms with Gasteiger partial charge in [0, 0.05) is 9.79 Å². The zero-order chi connectivity index (χ0) is 31.7. The van der Waals surface area contributed by atoms with Crippen LogP contribution in [0.1, 0.15) is 76.8 Å². The highest BCUT2D eigenvalue weighted by Crippen LogP contribution is 2.21. The number of esters is 2. The second-order valence-corrected chi connectivity index (χ2v) is 12.2. The van der Waals surface area contributed by atoms with Gasteiger partial charge in [0.2, 0.25) is 0 Å². The van der Waals surface area contributed by atoms with Crippen LogP contribution in [0.2, 0.25) is 0 Å². The molecular weight excluding hydrogens is 601 g/mol. The molecule has 0 N–H and O–H groups in total. The molecule has 0 spiro atoms. The van der Waals surface area contributed by atoms with Gasteiger partial charge in [-0.1, -0.05) is 56.4 Å². The summed E-state index contributed by atoms with van der Waals surface area (Å²) in [6.45, 7) is 0. The molecule has 4 aromatic rings. The third kappa shape index (κ3) is 11.5. The van der Waals surface area contributed by atoms with E-state index in [0.717, 1.165) is 59.0 Å². The minimum atomic E-state index is -0.413. The summed E-state index contributed by atoms with van der Waals surface area (Å²) < 4.78 is 11.0. The van der Waals surface area contributed by atoms with Gasteiger partial charge in [-0.3, -0.25) is 0 Å². The van der Waals surface area contributed by atoms with Crippen LogP contribution in [0.4, 0.5) is 0 Å². The van der Waals surface area contributed by atoms with E-state index in [2.05, 4.69) is 0 Å². The van der Waals surface area contributed by atoms with Crippen molar-refractivity contribution in [3.05, 3.63) is 119 Å². The molecule has 0 atom stereocenters. The lowest BCUT2D eigenvalue weighted by Gasteiger charge is -2.07. The second-order valence-electron chi connectivity index (χ2n) is 10.5. The summed E-state index contributed by atoms with van der Waals surface area (Å²) in [7, 11) is 0. The number of ether oxygens (including phenoxy) is 2. The predicted octanol–water partition coefficient (Wildman–Crippen LogP) is 9.79. The summed E-state index contributed by atoms with van der Waals surface area (Å²) >= 11 is 2.11. The molecule has 228 valence electrons. The van der Waals surface area contributed by atoms with Crippen LogP contribution in [0.25, 0.3) is 0 Å². The Labute approximate surface area is 273 Å². The first kappa shape index (κ1) is 33.4. The Balaban J connectivity index is 1.04. The van der Waals surface area contributed by atoms with Crippen molar-refractivity contribution in [2.45, 2.75) is 67.6 Å². The zero-order valence-electron chi connectivity index (χ0n) is 24.9. The maximum atomic E-state index is 12.4. The molecule has 0 aliphatic rings. The van der Waals surface area contributed by atoms with Crippen molar-refractivity contribution >= 4 is 35.5 Å². The predicted molar refractivity (Wildman–Crippen MR) is 178 cm³/mol. The number of benzene rings is 4. The molecule has 8 heteroatoms. The van der Waals surface area contributed by atoms with Crippen molar-refractivity contribution in [2.24, 2.45) is 0 Å². The van der Waals surface area contributed by atoms with Crippen LogP contribution in [0.5, 0.6) is 11.5 Å². The first-order chi connectivity index (χ1) is 22.0. The van der Waals surface area contributed by atoms with Gasteiger partial charge >= 0.3 is 11.9 Å².